The summed E-state index contributed by atoms with van der Waals surface area (Å²) in [6, 6.07) is 0. The van der Waals surface area contributed by atoms with E-state index in [2.05, 4.69) is 18.2 Å². The van der Waals surface area contributed by atoms with Crippen LogP contribution in [-0.4, -0.2) is 53.3 Å². The predicted octanol–water partition coefficient (Wildman–Crippen LogP) is 0.870. The molecule has 0 fully saturated rings. The molecule has 51 valence electrons. The third kappa shape index (κ3) is 112. The van der Waals surface area contributed by atoms with E-state index in [9.17, 15) is 0 Å². The van der Waals surface area contributed by atoms with Crippen LogP contribution in [0, 0.1) is 0 Å². The molecule has 1 amide bonds. The second-order valence-corrected chi connectivity index (χ2v) is 3.34. The molecule has 0 aliphatic rings. The maximum atomic E-state index is 8.78. The maximum absolute atomic E-state index is 8.78. The molecule has 0 spiro atoms. The van der Waals surface area contributed by atoms with Crippen LogP contribution >= 0.6 is 21.6 Å². The molecule has 0 aliphatic carbocycles. The molecule has 0 atom stereocenters. The zero-order valence-electron chi connectivity index (χ0n) is 5.75. The van der Waals surface area contributed by atoms with Crippen molar-refractivity contribution in [3.8, 4) is 0 Å². The molecule has 0 unspecified atom stereocenters. The van der Waals surface area contributed by atoms with Crippen molar-refractivity contribution in [2.45, 2.75) is 0 Å². The summed E-state index contributed by atoms with van der Waals surface area (Å²) in [4.78, 5) is 8.78. The van der Waals surface area contributed by atoms with E-state index >= 15 is 0 Å². The number of carbonyl (C=O) groups is 1. The van der Waals surface area contributed by atoms with Gasteiger partial charge in [-0.1, -0.05) is 21.6 Å². The van der Waals surface area contributed by atoms with Crippen LogP contribution in [0.25, 0.3) is 0 Å². The molecule has 0 aromatic carbocycles. The van der Waals surface area contributed by atoms with Crippen LogP contribution in [0.4, 0.5) is 4.79 Å². The van der Waals surface area contributed by atoms with Gasteiger partial charge in [0.05, 0.1) is 0 Å². The Morgan fingerprint density at radius 1 is 1.44 bits per heavy atom. The average molecular weight is 178 g/mol. The van der Waals surface area contributed by atoms with Gasteiger partial charge >= 0.3 is 6.09 Å². The monoisotopic (exact) mass is 178 g/mol. The molecule has 9 heavy (non-hydrogen) atoms. The van der Waals surface area contributed by atoms with Crippen molar-refractivity contribution >= 4 is 57.2 Å². The molecular weight excluding hydrogens is 169 g/mol. The summed E-state index contributed by atoms with van der Waals surface area (Å²) in [6.45, 7) is 0. The molecule has 1 radical (unpaired) electrons. The molecule has 3 N–H and O–H groups in total. The van der Waals surface area contributed by atoms with E-state index < -0.39 is 6.09 Å². The number of primary amides is 1. The smallest absolute Gasteiger partial charge is 0.402 e. The Bertz CT molecular complexity index is 57.8. The van der Waals surface area contributed by atoms with E-state index in [0.717, 1.165) is 0 Å². The van der Waals surface area contributed by atoms with Gasteiger partial charge in [-0.25, -0.2) is 4.79 Å². The molecule has 3 nitrogen and oxygen atoms in total. The van der Waals surface area contributed by atoms with Crippen LogP contribution in [0.15, 0.2) is 0 Å². The van der Waals surface area contributed by atoms with Crippen molar-refractivity contribution < 1.29 is 9.90 Å². The van der Waals surface area contributed by atoms with Gasteiger partial charge in [0.15, 0.2) is 0 Å². The van der Waals surface area contributed by atoms with Crippen molar-refractivity contribution in [1.29, 1.82) is 0 Å². The molecule has 0 bridgehead atoms. The molecule has 0 aliphatic heterocycles. The van der Waals surface area contributed by atoms with Crippen LogP contribution in [0.1, 0.15) is 0 Å². The summed E-state index contributed by atoms with van der Waals surface area (Å²) < 4.78 is 0. The number of amides is 1. The fraction of sp³-hybridized carbons (Fsp3) is 0.667. The Kier molecular flexibility index (Phi) is 29.3. The summed E-state index contributed by atoms with van der Waals surface area (Å²) >= 11 is 0. The van der Waals surface area contributed by atoms with Crippen molar-refractivity contribution in [1.82, 2.24) is 0 Å². The molecule has 0 aromatic rings. The first-order valence-corrected chi connectivity index (χ1v) is 4.67. The molecule has 0 saturated heterocycles. The maximum Gasteiger partial charge on any atom is 0.402 e. The molecule has 6 heteroatoms. The Morgan fingerprint density at radius 2 is 1.56 bits per heavy atom. The minimum atomic E-state index is -1.33. The van der Waals surface area contributed by atoms with Crippen LogP contribution in [0.3, 0.4) is 0 Å². The van der Waals surface area contributed by atoms with Crippen LogP contribution in [0.2, 0.25) is 0 Å². The van der Waals surface area contributed by atoms with Gasteiger partial charge in [-0.15, -0.1) is 0 Å². The standard InChI is InChI=1S/C2H6S2.CH3NO2.Na/c1-3-4-2;2-1(3)4;/h1-2H3;2H2,(H,3,4);. The molecule has 0 heterocycles. The second kappa shape index (κ2) is 16.0. The number of carboxylic acid groups (broad SMARTS) is 1. The van der Waals surface area contributed by atoms with E-state index in [0.29, 0.717) is 0 Å². The average Bonchev–Trinajstić information content (AvgIpc) is 1.65. The summed E-state index contributed by atoms with van der Waals surface area (Å²) in [6.07, 6.45) is 2.79. The van der Waals surface area contributed by atoms with Crippen molar-refractivity contribution in [2.24, 2.45) is 5.73 Å². The number of rotatable bonds is 1. The van der Waals surface area contributed by atoms with E-state index in [1.54, 1.807) is 21.6 Å². The van der Waals surface area contributed by atoms with Crippen molar-refractivity contribution in [2.75, 3.05) is 12.5 Å². The topological polar surface area (TPSA) is 63.3 Å². The first-order valence-electron chi connectivity index (χ1n) is 1.70. The predicted molar refractivity (Wildman–Crippen MR) is 45.0 cm³/mol. The van der Waals surface area contributed by atoms with E-state index in [1.165, 1.54) is 0 Å². The molecule has 0 aromatic heterocycles. The van der Waals surface area contributed by atoms with Crippen LogP contribution in [-0.2, 0) is 0 Å². The molecule has 0 saturated carbocycles. The van der Waals surface area contributed by atoms with Gasteiger partial charge in [0.2, 0.25) is 0 Å². The zero-order valence-corrected chi connectivity index (χ0v) is 9.38. The summed E-state index contributed by atoms with van der Waals surface area (Å²) in [5, 5.41) is 7.19. The Balaban J connectivity index is -0.0000000720. The Morgan fingerprint density at radius 3 is 1.56 bits per heavy atom. The van der Waals surface area contributed by atoms with Crippen molar-refractivity contribution in [3.05, 3.63) is 0 Å². The second-order valence-electron chi connectivity index (χ2n) is 0.672. The van der Waals surface area contributed by atoms with Crippen LogP contribution < -0.4 is 5.73 Å². The van der Waals surface area contributed by atoms with Gasteiger partial charge in [0.25, 0.3) is 0 Å². The summed E-state index contributed by atoms with van der Waals surface area (Å²) in [7, 11) is 3.55. The van der Waals surface area contributed by atoms with Crippen molar-refractivity contribution in [3.63, 3.8) is 0 Å². The minimum Gasteiger partial charge on any atom is -0.465 e. The fourth-order valence-electron chi connectivity index (χ4n) is 0. The van der Waals surface area contributed by atoms with E-state index in [1.807, 2.05) is 0 Å². The van der Waals surface area contributed by atoms with Gasteiger partial charge in [0, 0.05) is 29.6 Å². The third-order valence-electron chi connectivity index (χ3n) is 0.167. The third-order valence-corrected chi connectivity index (χ3v) is 1.50. The van der Waals surface area contributed by atoms with Gasteiger partial charge in [-0.05, 0) is 12.5 Å². The normalized spacial score (nSPS) is 6.00. The van der Waals surface area contributed by atoms with Crippen LogP contribution in [0.5, 0.6) is 0 Å². The SMILES string of the molecule is CSSC.NC(=O)O.[Na]. The van der Waals surface area contributed by atoms with E-state index in [4.69, 9.17) is 9.90 Å². The summed E-state index contributed by atoms with van der Waals surface area (Å²) in [5.74, 6) is 0. The first-order chi connectivity index (χ1) is 3.65. The Hall–Kier alpha value is 0.970. The quantitative estimate of drug-likeness (QED) is 0.462. The largest absolute Gasteiger partial charge is 0.465 e. The Labute approximate surface area is 84.8 Å². The minimum absolute atomic E-state index is 0. The van der Waals surface area contributed by atoms with E-state index in [-0.39, 0.29) is 29.6 Å². The number of hydrogen-bond donors (Lipinski definition) is 2. The zero-order chi connectivity index (χ0) is 6.99. The molecule has 0 rings (SSSR count). The van der Waals surface area contributed by atoms with Gasteiger partial charge in [-0.2, -0.15) is 0 Å². The van der Waals surface area contributed by atoms with Gasteiger partial charge in [-0.3, -0.25) is 0 Å². The summed E-state index contributed by atoms with van der Waals surface area (Å²) in [5.41, 5.74) is 4.03. The number of nitrogens with two attached hydrogens (primary N) is 1. The molecular formula is C3H9NNaO2S2. The fourth-order valence-corrected chi connectivity index (χ4v) is 0. The van der Waals surface area contributed by atoms with Gasteiger partial charge < -0.3 is 10.8 Å². The first kappa shape index (κ1) is 16.5. The number of hydrogen-bond acceptors (Lipinski definition) is 3. The van der Waals surface area contributed by atoms with Gasteiger partial charge in [0.1, 0.15) is 0 Å².